The first kappa shape index (κ1) is 17.5. The number of ether oxygens (including phenoxy) is 1. The molecule has 0 aliphatic rings. The van der Waals surface area contributed by atoms with E-state index >= 15 is 0 Å². The van der Waals surface area contributed by atoms with Crippen molar-refractivity contribution in [2.45, 2.75) is 37.6 Å². The average Bonchev–Trinajstić information content (AvgIpc) is 2.44. The van der Waals surface area contributed by atoms with Crippen LogP contribution in [0, 0.1) is 11.8 Å². The number of benzene rings is 1. The number of methoxy groups -OCH3 is 1. The first-order chi connectivity index (χ1) is 9.94. The van der Waals surface area contributed by atoms with Crippen molar-refractivity contribution in [1.82, 2.24) is 4.72 Å². The van der Waals surface area contributed by atoms with E-state index in [1.165, 1.54) is 13.2 Å². The number of nitrogens with one attached hydrogen (secondary N) is 1. The maximum atomic E-state index is 12.5. The number of rotatable bonds is 6. The average molecular weight is 310 g/mol. The number of hydrogen-bond acceptors (Lipinski definition) is 4. The Balaban J connectivity index is 3.19. The largest absolute Gasteiger partial charge is 0.495 e. The summed E-state index contributed by atoms with van der Waals surface area (Å²) in [7, 11) is -2.21. The standard InChI is InChI=1S/C15H22N2O3S/c1-4-6-12(2)17-21(18,19)15-11-13(7-5-10-16)8-9-14(15)20-3/h8-9,11-12,17H,4,6,10,16H2,1-3H3. The molecule has 0 fully saturated rings. The van der Waals surface area contributed by atoms with Gasteiger partial charge in [-0.05, 0) is 31.5 Å². The van der Waals surface area contributed by atoms with Gasteiger partial charge >= 0.3 is 0 Å². The molecule has 0 aliphatic carbocycles. The SMILES string of the molecule is CCCC(C)NS(=O)(=O)c1cc(C#CCN)ccc1OC. The van der Waals surface area contributed by atoms with Crippen LogP contribution in [0.25, 0.3) is 0 Å². The predicted octanol–water partition coefficient (Wildman–Crippen LogP) is 1.47. The van der Waals surface area contributed by atoms with E-state index in [2.05, 4.69) is 16.6 Å². The van der Waals surface area contributed by atoms with E-state index in [0.717, 1.165) is 12.8 Å². The van der Waals surface area contributed by atoms with Gasteiger partial charge in [0.1, 0.15) is 10.6 Å². The third-order valence-corrected chi connectivity index (χ3v) is 4.48. The molecule has 1 unspecified atom stereocenters. The van der Waals surface area contributed by atoms with Crippen LogP contribution in [0.15, 0.2) is 23.1 Å². The van der Waals surface area contributed by atoms with Gasteiger partial charge in [0.05, 0.1) is 13.7 Å². The first-order valence-corrected chi connectivity index (χ1v) is 8.32. The quantitative estimate of drug-likeness (QED) is 0.780. The normalized spacial score (nSPS) is 12.4. The molecule has 6 heteroatoms. The zero-order valence-corrected chi connectivity index (χ0v) is 13.5. The fourth-order valence-corrected chi connectivity index (χ4v) is 3.41. The Hall–Kier alpha value is -1.55. The Morgan fingerprint density at radius 2 is 2.14 bits per heavy atom. The van der Waals surface area contributed by atoms with Gasteiger partial charge in [-0.2, -0.15) is 0 Å². The molecule has 0 radical (unpaired) electrons. The lowest BCUT2D eigenvalue weighted by Crippen LogP contribution is -2.32. The summed E-state index contributed by atoms with van der Waals surface area (Å²) in [6.45, 7) is 4.07. The molecule has 0 bridgehead atoms. The number of sulfonamides is 1. The van der Waals surface area contributed by atoms with E-state index in [4.69, 9.17) is 10.5 Å². The highest BCUT2D eigenvalue weighted by Crippen LogP contribution is 2.25. The summed E-state index contributed by atoms with van der Waals surface area (Å²) in [6, 6.07) is 4.67. The minimum absolute atomic E-state index is 0.0942. The summed E-state index contributed by atoms with van der Waals surface area (Å²) in [6.07, 6.45) is 1.68. The van der Waals surface area contributed by atoms with Crippen molar-refractivity contribution in [3.63, 3.8) is 0 Å². The van der Waals surface area contributed by atoms with Crippen LogP contribution in [0.5, 0.6) is 5.75 Å². The van der Waals surface area contributed by atoms with Gasteiger partial charge in [0.25, 0.3) is 0 Å². The van der Waals surface area contributed by atoms with E-state index < -0.39 is 10.0 Å². The van der Waals surface area contributed by atoms with Gasteiger partial charge in [0, 0.05) is 11.6 Å². The van der Waals surface area contributed by atoms with Crippen molar-refractivity contribution < 1.29 is 13.2 Å². The minimum atomic E-state index is -3.65. The third-order valence-electron chi connectivity index (χ3n) is 2.87. The second-order valence-electron chi connectivity index (χ2n) is 4.68. The first-order valence-electron chi connectivity index (χ1n) is 6.84. The van der Waals surface area contributed by atoms with Crippen molar-refractivity contribution in [3.8, 4) is 17.6 Å². The summed E-state index contributed by atoms with van der Waals surface area (Å²) < 4.78 is 32.7. The molecular formula is C15H22N2O3S. The predicted molar refractivity (Wildman–Crippen MR) is 83.6 cm³/mol. The van der Waals surface area contributed by atoms with E-state index in [1.807, 2.05) is 13.8 Å². The lowest BCUT2D eigenvalue weighted by atomic mass is 10.2. The highest BCUT2D eigenvalue weighted by Gasteiger charge is 2.21. The molecule has 3 N–H and O–H groups in total. The Kier molecular flexibility index (Phi) is 6.69. The molecule has 0 aliphatic heterocycles. The van der Waals surface area contributed by atoms with Crippen molar-refractivity contribution in [2.75, 3.05) is 13.7 Å². The molecule has 0 heterocycles. The third kappa shape index (κ3) is 5.05. The summed E-state index contributed by atoms with van der Waals surface area (Å²) in [5.74, 6) is 5.82. The molecule has 1 atom stereocenters. The van der Waals surface area contributed by atoms with Crippen LogP contribution in [0.3, 0.4) is 0 Å². The van der Waals surface area contributed by atoms with Gasteiger partial charge < -0.3 is 10.5 Å². The van der Waals surface area contributed by atoms with Crippen LogP contribution in [0.1, 0.15) is 32.3 Å². The molecule has 0 spiro atoms. The van der Waals surface area contributed by atoms with Crippen LogP contribution >= 0.6 is 0 Å². The molecule has 1 rings (SSSR count). The summed E-state index contributed by atoms with van der Waals surface area (Å²) >= 11 is 0. The zero-order valence-electron chi connectivity index (χ0n) is 12.6. The van der Waals surface area contributed by atoms with Gasteiger partial charge in [-0.3, -0.25) is 0 Å². The maximum Gasteiger partial charge on any atom is 0.244 e. The second kappa shape index (κ2) is 8.03. The van der Waals surface area contributed by atoms with Crippen LogP contribution in [0.2, 0.25) is 0 Å². The highest BCUT2D eigenvalue weighted by molar-refractivity contribution is 7.89. The minimum Gasteiger partial charge on any atom is -0.495 e. The lowest BCUT2D eigenvalue weighted by molar-refractivity contribution is 0.402. The Morgan fingerprint density at radius 1 is 1.43 bits per heavy atom. The highest BCUT2D eigenvalue weighted by atomic mass is 32.2. The lowest BCUT2D eigenvalue weighted by Gasteiger charge is -2.15. The molecule has 0 saturated carbocycles. The maximum absolute atomic E-state index is 12.5. The number of nitrogens with two attached hydrogens (primary N) is 1. The van der Waals surface area contributed by atoms with E-state index in [0.29, 0.717) is 11.3 Å². The van der Waals surface area contributed by atoms with Crippen LogP contribution < -0.4 is 15.2 Å². The van der Waals surface area contributed by atoms with Crippen LogP contribution in [-0.2, 0) is 10.0 Å². The van der Waals surface area contributed by atoms with Crippen LogP contribution in [0.4, 0.5) is 0 Å². The van der Waals surface area contributed by atoms with Gasteiger partial charge in [0.15, 0.2) is 0 Å². The van der Waals surface area contributed by atoms with E-state index in [1.54, 1.807) is 12.1 Å². The van der Waals surface area contributed by atoms with Gasteiger partial charge in [-0.15, -0.1) is 0 Å². The molecule has 0 aromatic heterocycles. The molecule has 0 amide bonds. The molecule has 0 saturated heterocycles. The van der Waals surface area contributed by atoms with Crippen molar-refractivity contribution in [3.05, 3.63) is 23.8 Å². The zero-order chi connectivity index (χ0) is 15.9. The molecular weight excluding hydrogens is 288 g/mol. The number of hydrogen-bond donors (Lipinski definition) is 2. The second-order valence-corrected chi connectivity index (χ2v) is 6.36. The van der Waals surface area contributed by atoms with E-state index in [-0.39, 0.29) is 17.5 Å². The fourth-order valence-electron chi connectivity index (χ4n) is 1.94. The topological polar surface area (TPSA) is 81.4 Å². The van der Waals surface area contributed by atoms with E-state index in [9.17, 15) is 8.42 Å². The van der Waals surface area contributed by atoms with Crippen LogP contribution in [-0.4, -0.2) is 28.1 Å². The van der Waals surface area contributed by atoms with Crippen molar-refractivity contribution >= 4 is 10.0 Å². The summed E-state index contributed by atoms with van der Waals surface area (Å²) in [4.78, 5) is 0.0942. The molecule has 1 aromatic rings. The molecule has 21 heavy (non-hydrogen) atoms. The smallest absolute Gasteiger partial charge is 0.244 e. The molecule has 116 valence electrons. The molecule has 1 aromatic carbocycles. The van der Waals surface area contributed by atoms with Crippen molar-refractivity contribution in [2.24, 2.45) is 5.73 Å². The van der Waals surface area contributed by atoms with Gasteiger partial charge in [-0.1, -0.05) is 25.2 Å². The Labute approximate surface area is 126 Å². The summed E-state index contributed by atoms with van der Waals surface area (Å²) in [5.41, 5.74) is 5.91. The Bertz CT molecular complexity index is 630. The monoisotopic (exact) mass is 310 g/mol. The van der Waals surface area contributed by atoms with Gasteiger partial charge in [-0.25, -0.2) is 13.1 Å². The van der Waals surface area contributed by atoms with Crippen molar-refractivity contribution in [1.29, 1.82) is 0 Å². The molecule has 5 nitrogen and oxygen atoms in total. The fraction of sp³-hybridized carbons (Fsp3) is 0.467. The summed E-state index contributed by atoms with van der Waals surface area (Å²) in [5, 5.41) is 0. The Morgan fingerprint density at radius 3 is 2.71 bits per heavy atom. The van der Waals surface area contributed by atoms with Gasteiger partial charge in [0.2, 0.25) is 10.0 Å².